The van der Waals surface area contributed by atoms with Gasteiger partial charge in [-0.25, -0.2) is 9.78 Å². The van der Waals surface area contributed by atoms with Crippen LogP contribution in [0.4, 0.5) is 11.6 Å². The van der Waals surface area contributed by atoms with Crippen molar-refractivity contribution in [3.63, 3.8) is 0 Å². The summed E-state index contributed by atoms with van der Waals surface area (Å²) in [4.78, 5) is 27.3. The van der Waals surface area contributed by atoms with Gasteiger partial charge in [-0.2, -0.15) is 4.98 Å². The largest absolute Gasteiger partial charge is 0.327 e. The van der Waals surface area contributed by atoms with Gasteiger partial charge in [0.1, 0.15) is 5.52 Å². The monoisotopic (exact) mass is 404 g/mol. The van der Waals surface area contributed by atoms with Gasteiger partial charge in [-0.05, 0) is 36.6 Å². The van der Waals surface area contributed by atoms with Crippen LogP contribution >= 0.6 is 0 Å². The average molecular weight is 405 g/mol. The molecule has 2 N–H and O–H groups in total. The lowest BCUT2D eigenvalue weighted by atomic mass is 9.91. The van der Waals surface area contributed by atoms with Crippen LogP contribution in [-0.4, -0.2) is 24.5 Å². The molecule has 4 aromatic rings. The molecule has 3 aromatic heterocycles. The number of nitrogens with one attached hydrogen (secondary N) is 2. The minimum atomic E-state index is -0.209. The lowest BCUT2D eigenvalue weighted by Gasteiger charge is -2.15. The molecule has 0 spiro atoms. The third kappa shape index (κ3) is 4.35. The maximum absolute atomic E-state index is 11.6. The molecule has 0 radical (unpaired) electrons. The molecular formula is C23H28N6O. The number of aromatic nitrogens is 5. The van der Waals surface area contributed by atoms with Crippen LogP contribution in [0.15, 0.2) is 41.5 Å². The first-order valence-corrected chi connectivity index (χ1v) is 10.6. The van der Waals surface area contributed by atoms with Crippen LogP contribution in [0.2, 0.25) is 0 Å². The molecule has 1 aromatic carbocycles. The molecule has 0 unspecified atom stereocenters. The van der Waals surface area contributed by atoms with Crippen LogP contribution in [0.3, 0.4) is 0 Å². The Hall–Kier alpha value is -3.22. The molecule has 1 saturated carbocycles. The molecule has 7 nitrogen and oxygen atoms in total. The van der Waals surface area contributed by atoms with E-state index >= 15 is 0 Å². The predicted molar refractivity (Wildman–Crippen MR) is 121 cm³/mol. The standard InChI is InChI=1S/C16H14N6O.C7H14/c1-9-6-12-10(4-3-5-17-12)7-11(9)19-15-18-8-13-14(20-15)21-16(23)22(13)2;1-7-5-3-2-4-6-7/h3-8H,1-2H3,(H2,18,19,20,21,23);7H,2-6H2,1H3. The molecule has 1 fully saturated rings. The number of rotatable bonds is 2. The number of benzene rings is 1. The third-order valence-electron chi connectivity index (χ3n) is 5.75. The predicted octanol–water partition coefficient (Wildman–Crippen LogP) is 4.84. The van der Waals surface area contributed by atoms with E-state index in [2.05, 4.69) is 32.2 Å². The van der Waals surface area contributed by atoms with Gasteiger partial charge in [0.15, 0.2) is 5.65 Å². The van der Waals surface area contributed by atoms with E-state index in [0.717, 1.165) is 28.1 Å². The highest BCUT2D eigenvalue weighted by molar-refractivity contribution is 5.85. The molecule has 0 bridgehead atoms. The summed E-state index contributed by atoms with van der Waals surface area (Å²) in [5, 5.41) is 4.24. The van der Waals surface area contributed by atoms with Crippen LogP contribution in [0, 0.1) is 12.8 Å². The van der Waals surface area contributed by atoms with Gasteiger partial charge in [0.05, 0.1) is 11.7 Å². The number of nitrogens with zero attached hydrogens (tertiary/aromatic N) is 4. The Bertz CT molecular complexity index is 1220. The Morgan fingerprint density at radius 2 is 1.97 bits per heavy atom. The highest BCUT2D eigenvalue weighted by Gasteiger charge is 2.09. The number of H-pyrrole nitrogens is 1. The van der Waals surface area contributed by atoms with E-state index in [0.29, 0.717) is 17.1 Å². The van der Waals surface area contributed by atoms with Gasteiger partial charge >= 0.3 is 5.69 Å². The molecule has 0 saturated heterocycles. The molecule has 0 atom stereocenters. The molecular weight excluding hydrogens is 376 g/mol. The fraction of sp³-hybridized carbons (Fsp3) is 0.391. The van der Waals surface area contributed by atoms with Gasteiger partial charge in [-0.3, -0.25) is 14.5 Å². The number of pyridine rings is 1. The summed E-state index contributed by atoms with van der Waals surface area (Å²) < 4.78 is 1.48. The lowest BCUT2D eigenvalue weighted by Crippen LogP contribution is -2.11. The Morgan fingerprint density at radius 3 is 2.70 bits per heavy atom. The Kier molecular flexibility index (Phi) is 5.79. The topological polar surface area (TPSA) is 88.5 Å². The summed E-state index contributed by atoms with van der Waals surface area (Å²) in [6.45, 7) is 4.36. The van der Waals surface area contributed by atoms with Gasteiger partial charge in [-0.15, -0.1) is 0 Å². The second-order valence-electron chi connectivity index (χ2n) is 8.15. The minimum Gasteiger partial charge on any atom is -0.324 e. The van der Waals surface area contributed by atoms with Crippen molar-refractivity contribution in [2.45, 2.75) is 46.0 Å². The quantitative estimate of drug-likeness (QED) is 0.499. The van der Waals surface area contributed by atoms with E-state index in [-0.39, 0.29) is 5.69 Å². The van der Waals surface area contributed by atoms with Crippen molar-refractivity contribution < 1.29 is 0 Å². The smallest absolute Gasteiger partial charge is 0.324 e. The number of anilines is 2. The molecule has 3 heterocycles. The van der Waals surface area contributed by atoms with Gasteiger partial charge < -0.3 is 5.32 Å². The van der Waals surface area contributed by atoms with Crippen molar-refractivity contribution in [3.05, 3.63) is 52.7 Å². The molecule has 30 heavy (non-hydrogen) atoms. The number of imidazole rings is 1. The van der Waals surface area contributed by atoms with Crippen LogP contribution in [0.5, 0.6) is 0 Å². The zero-order valence-corrected chi connectivity index (χ0v) is 17.8. The number of aromatic amines is 1. The van der Waals surface area contributed by atoms with E-state index in [1.165, 1.54) is 36.7 Å². The van der Waals surface area contributed by atoms with Crippen molar-refractivity contribution in [1.82, 2.24) is 24.5 Å². The molecule has 0 aliphatic heterocycles. The molecule has 1 aliphatic carbocycles. The lowest BCUT2D eigenvalue weighted by molar-refractivity contribution is 0.385. The molecule has 0 amide bonds. The fourth-order valence-corrected chi connectivity index (χ4v) is 3.85. The summed E-state index contributed by atoms with van der Waals surface area (Å²) in [6.07, 6.45) is 10.8. The van der Waals surface area contributed by atoms with Gasteiger partial charge in [0.2, 0.25) is 5.95 Å². The third-order valence-corrected chi connectivity index (χ3v) is 5.75. The SMILES string of the molecule is CC1CCCCC1.Cc1cc2ncccc2cc1Nc1ncc2c(n1)[nH]c(=O)n2C. The zero-order chi connectivity index (χ0) is 21.1. The van der Waals surface area contributed by atoms with Crippen LogP contribution in [0.1, 0.15) is 44.6 Å². The van der Waals surface area contributed by atoms with E-state index in [1.807, 2.05) is 31.2 Å². The van der Waals surface area contributed by atoms with Gasteiger partial charge in [0.25, 0.3) is 0 Å². The Balaban J connectivity index is 0.000000265. The highest BCUT2D eigenvalue weighted by atomic mass is 16.1. The first kappa shape index (κ1) is 20.1. The molecule has 7 heteroatoms. The summed E-state index contributed by atoms with van der Waals surface area (Å²) in [6, 6.07) is 7.93. The van der Waals surface area contributed by atoms with Crippen molar-refractivity contribution in [1.29, 1.82) is 0 Å². The number of aryl methyl sites for hydroxylation is 2. The minimum absolute atomic E-state index is 0.209. The summed E-state index contributed by atoms with van der Waals surface area (Å²) in [5.41, 5.74) is 3.86. The second-order valence-corrected chi connectivity index (χ2v) is 8.15. The number of hydrogen-bond acceptors (Lipinski definition) is 5. The van der Waals surface area contributed by atoms with E-state index in [4.69, 9.17) is 0 Å². The van der Waals surface area contributed by atoms with Crippen LogP contribution in [0.25, 0.3) is 22.1 Å². The number of fused-ring (bicyclic) bond motifs is 2. The normalized spacial score (nSPS) is 14.5. The van der Waals surface area contributed by atoms with Crippen molar-refractivity contribution >= 4 is 33.7 Å². The maximum atomic E-state index is 11.6. The maximum Gasteiger partial charge on any atom is 0.327 e. The van der Waals surface area contributed by atoms with E-state index in [1.54, 1.807) is 19.4 Å². The summed E-state index contributed by atoms with van der Waals surface area (Å²) in [7, 11) is 1.68. The van der Waals surface area contributed by atoms with E-state index < -0.39 is 0 Å². The Labute approximate surface area is 175 Å². The van der Waals surface area contributed by atoms with Crippen molar-refractivity contribution in [3.8, 4) is 0 Å². The fourth-order valence-electron chi connectivity index (χ4n) is 3.85. The van der Waals surface area contributed by atoms with E-state index in [9.17, 15) is 4.79 Å². The van der Waals surface area contributed by atoms with Gasteiger partial charge in [0, 0.05) is 24.3 Å². The van der Waals surface area contributed by atoms with Crippen molar-refractivity contribution in [2.24, 2.45) is 13.0 Å². The zero-order valence-electron chi connectivity index (χ0n) is 17.8. The average Bonchev–Trinajstić information content (AvgIpc) is 3.03. The molecule has 156 valence electrons. The highest BCUT2D eigenvalue weighted by Crippen LogP contribution is 2.24. The van der Waals surface area contributed by atoms with Crippen molar-refractivity contribution in [2.75, 3.05) is 5.32 Å². The van der Waals surface area contributed by atoms with Crippen LogP contribution in [-0.2, 0) is 7.05 Å². The first-order valence-electron chi connectivity index (χ1n) is 10.6. The molecule has 5 rings (SSSR count). The van der Waals surface area contributed by atoms with Gasteiger partial charge in [-0.1, -0.05) is 45.1 Å². The van der Waals surface area contributed by atoms with Crippen LogP contribution < -0.4 is 11.0 Å². The number of hydrogen-bond donors (Lipinski definition) is 2. The molecule has 1 aliphatic rings. The summed E-state index contributed by atoms with van der Waals surface area (Å²) >= 11 is 0. The summed E-state index contributed by atoms with van der Waals surface area (Å²) in [5.74, 6) is 1.47. The second kappa shape index (κ2) is 8.65. The Morgan fingerprint density at radius 1 is 1.17 bits per heavy atom. The first-order chi connectivity index (χ1) is 14.5.